The van der Waals surface area contributed by atoms with E-state index in [1.54, 1.807) is 20.4 Å². The summed E-state index contributed by atoms with van der Waals surface area (Å²) in [4.78, 5) is 20.4. The van der Waals surface area contributed by atoms with Crippen LogP contribution in [0.2, 0.25) is 0 Å². The van der Waals surface area contributed by atoms with Crippen LogP contribution in [0.4, 0.5) is 5.82 Å². The van der Waals surface area contributed by atoms with Crippen LogP contribution in [0.25, 0.3) is 0 Å². The Balaban J connectivity index is 1.85. The first-order valence-electron chi connectivity index (χ1n) is 8.23. The van der Waals surface area contributed by atoms with E-state index in [-0.39, 0.29) is 5.91 Å². The van der Waals surface area contributed by atoms with E-state index in [0.29, 0.717) is 36.0 Å². The van der Waals surface area contributed by atoms with Gasteiger partial charge in [-0.2, -0.15) is 0 Å². The number of nitrogens with one attached hydrogen (secondary N) is 2. The second-order valence-electron chi connectivity index (χ2n) is 5.41. The van der Waals surface area contributed by atoms with Gasteiger partial charge in [-0.25, -0.2) is 9.97 Å². The second-order valence-corrected chi connectivity index (χ2v) is 5.41. The first kappa shape index (κ1) is 18.5. The lowest BCUT2D eigenvalue weighted by molar-refractivity contribution is 0.0949. The van der Waals surface area contributed by atoms with Crippen molar-refractivity contribution in [1.82, 2.24) is 15.3 Å². The molecule has 0 aliphatic heterocycles. The van der Waals surface area contributed by atoms with Crippen LogP contribution in [-0.2, 0) is 6.42 Å². The summed E-state index contributed by atoms with van der Waals surface area (Å²) in [7, 11) is 3.20. The molecule has 1 aromatic carbocycles. The van der Waals surface area contributed by atoms with Crippen molar-refractivity contribution in [3.63, 3.8) is 0 Å². The number of methoxy groups -OCH3 is 2. The predicted octanol–water partition coefficient (Wildman–Crippen LogP) is 2.29. The zero-order chi connectivity index (χ0) is 18.1. The number of nitrogens with zero attached hydrogens (tertiary/aromatic N) is 2. The zero-order valence-electron chi connectivity index (χ0n) is 14.8. The van der Waals surface area contributed by atoms with Gasteiger partial charge >= 0.3 is 0 Å². The standard InChI is InChI=1S/C18H24N4O3/c1-4-8-19-17-12-21-14(11-22-17)18(23)20-9-7-13-5-6-15(24-2)16(10-13)25-3/h5-6,10-12H,4,7-9H2,1-3H3,(H,19,22)(H,20,23). The Hall–Kier alpha value is -2.83. The summed E-state index contributed by atoms with van der Waals surface area (Å²) < 4.78 is 10.5. The van der Waals surface area contributed by atoms with Gasteiger partial charge in [0.25, 0.3) is 5.91 Å². The topological polar surface area (TPSA) is 85.4 Å². The first-order valence-corrected chi connectivity index (χ1v) is 8.23. The average Bonchev–Trinajstić information content (AvgIpc) is 2.66. The molecule has 7 nitrogen and oxygen atoms in total. The van der Waals surface area contributed by atoms with E-state index in [1.807, 2.05) is 18.2 Å². The van der Waals surface area contributed by atoms with Gasteiger partial charge in [0, 0.05) is 13.1 Å². The molecule has 0 unspecified atom stereocenters. The van der Waals surface area contributed by atoms with Crippen LogP contribution in [0, 0.1) is 0 Å². The van der Waals surface area contributed by atoms with Gasteiger partial charge in [0.2, 0.25) is 0 Å². The fraction of sp³-hybridized carbons (Fsp3) is 0.389. The summed E-state index contributed by atoms with van der Waals surface area (Å²) >= 11 is 0. The molecule has 25 heavy (non-hydrogen) atoms. The molecular weight excluding hydrogens is 320 g/mol. The maximum Gasteiger partial charge on any atom is 0.271 e. The minimum atomic E-state index is -0.241. The van der Waals surface area contributed by atoms with Crippen molar-refractivity contribution in [2.75, 3.05) is 32.6 Å². The number of carbonyl (C=O) groups is 1. The highest BCUT2D eigenvalue weighted by Crippen LogP contribution is 2.27. The van der Waals surface area contributed by atoms with Gasteiger partial charge in [-0.05, 0) is 30.5 Å². The monoisotopic (exact) mass is 344 g/mol. The molecule has 0 aliphatic rings. The molecule has 0 spiro atoms. The molecule has 2 rings (SSSR count). The van der Waals surface area contributed by atoms with Crippen molar-refractivity contribution < 1.29 is 14.3 Å². The van der Waals surface area contributed by atoms with E-state index in [1.165, 1.54) is 6.20 Å². The molecule has 1 amide bonds. The Morgan fingerprint density at radius 3 is 2.52 bits per heavy atom. The number of rotatable bonds is 9. The Bertz CT molecular complexity index is 689. The Morgan fingerprint density at radius 2 is 1.88 bits per heavy atom. The van der Waals surface area contributed by atoms with Crippen molar-refractivity contribution in [3.8, 4) is 11.5 Å². The van der Waals surface area contributed by atoms with Gasteiger partial charge in [0.05, 0.1) is 26.6 Å². The number of hydrogen-bond donors (Lipinski definition) is 2. The normalized spacial score (nSPS) is 10.2. The lowest BCUT2D eigenvalue weighted by atomic mass is 10.1. The van der Waals surface area contributed by atoms with Gasteiger partial charge < -0.3 is 20.1 Å². The van der Waals surface area contributed by atoms with E-state index < -0.39 is 0 Å². The van der Waals surface area contributed by atoms with Gasteiger partial charge in [-0.1, -0.05) is 13.0 Å². The number of hydrogen-bond acceptors (Lipinski definition) is 6. The number of carbonyl (C=O) groups excluding carboxylic acids is 1. The van der Waals surface area contributed by atoms with Crippen LogP contribution >= 0.6 is 0 Å². The lowest BCUT2D eigenvalue weighted by Gasteiger charge is -2.10. The number of anilines is 1. The molecule has 0 saturated heterocycles. The summed E-state index contributed by atoms with van der Waals surface area (Å²) in [6, 6.07) is 5.70. The van der Waals surface area contributed by atoms with Gasteiger partial charge in [0.1, 0.15) is 11.5 Å². The van der Waals surface area contributed by atoms with E-state index >= 15 is 0 Å². The molecule has 2 N–H and O–H groups in total. The summed E-state index contributed by atoms with van der Waals surface area (Å²) in [6.07, 6.45) is 4.72. The molecule has 0 bridgehead atoms. The fourth-order valence-corrected chi connectivity index (χ4v) is 2.24. The highest BCUT2D eigenvalue weighted by Gasteiger charge is 2.08. The zero-order valence-corrected chi connectivity index (χ0v) is 14.8. The van der Waals surface area contributed by atoms with Crippen molar-refractivity contribution in [3.05, 3.63) is 41.9 Å². The summed E-state index contributed by atoms with van der Waals surface area (Å²) in [6.45, 7) is 3.39. The molecule has 2 aromatic rings. The number of amides is 1. The summed E-state index contributed by atoms with van der Waals surface area (Å²) in [5.74, 6) is 1.79. The molecule has 7 heteroatoms. The SMILES string of the molecule is CCCNc1cnc(C(=O)NCCc2ccc(OC)c(OC)c2)cn1. The predicted molar refractivity (Wildman–Crippen MR) is 96.4 cm³/mol. The van der Waals surface area contributed by atoms with Gasteiger partial charge in [-0.3, -0.25) is 4.79 Å². The highest BCUT2D eigenvalue weighted by molar-refractivity contribution is 5.91. The molecule has 0 fully saturated rings. The largest absolute Gasteiger partial charge is 0.493 e. The van der Waals surface area contributed by atoms with Gasteiger partial charge in [0.15, 0.2) is 11.5 Å². The number of benzene rings is 1. The molecule has 0 atom stereocenters. The van der Waals surface area contributed by atoms with Crippen molar-refractivity contribution in [2.45, 2.75) is 19.8 Å². The van der Waals surface area contributed by atoms with E-state index in [9.17, 15) is 4.79 Å². The minimum absolute atomic E-state index is 0.241. The third kappa shape index (κ3) is 5.34. The summed E-state index contributed by atoms with van der Waals surface area (Å²) in [5, 5.41) is 5.96. The smallest absolute Gasteiger partial charge is 0.271 e. The van der Waals surface area contributed by atoms with E-state index in [0.717, 1.165) is 18.5 Å². The van der Waals surface area contributed by atoms with E-state index in [2.05, 4.69) is 27.5 Å². The quantitative estimate of drug-likeness (QED) is 0.726. The number of aromatic nitrogens is 2. The van der Waals surface area contributed by atoms with E-state index in [4.69, 9.17) is 9.47 Å². The van der Waals surface area contributed by atoms with Gasteiger partial charge in [-0.15, -0.1) is 0 Å². The minimum Gasteiger partial charge on any atom is -0.493 e. The third-order valence-corrected chi connectivity index (χ3v) is 3.59. The Labute approximate surface area is 147 Å². The molecule has 1 aromatic heterocycles. The van der Waals surface area contributed by atoms with Crippen LogP contribution in [-0.4, -0.2) is 43.2 Å². The number of ether oxygens (including phenoxy) is 2. The van der Waals surface area contributed by atoms with Crippen molar-refractivity contribution in [2.24, 2.45) is 0 Å². The maximum atomic E-state index is 12.1. The molecule has 0 radical (unpaired) electrons. The third-order valence-electron chi connectivity index (χ3n) is 3.59. The maximum absolute atomic E-state index is 12.1. The fourth-order valence-electron chi connectivity index (χ4n) is 2.24. The van der Waals surface area contributed by atoms with Crippen LogP contribution in [0.1, 0.15) is 29.4 Å². The summed E-state index contributed by atoms with van der Waals surface area (Å²) in [5.41, 5.74) is 1.34. The Kier molecular flexibility index (Phi) is 7.00. The van der Waals surface area contributed by atoms with Crippen LogP contribution < -0.4 is 20.1 Å². The van der Waals surface area contributed by atoms with Crippen molar-refractivity contribution >= 4 is 11.7 Å². The average molecular weight is 344 g/mol. The molecule has 1 heterocycles. The Morgan fingerprint density at radius 1 is 1.08 bits per heavy atom. The molecule has 134 valence electrons. The van der Waals surface area contributed by atoms with Crippen LogP contribution in [0.15, 0.2) is 30.6 Å². The van der Waals surface area contributed by atoms with Crippen LogP contribution in [0.3, 0.4) is 0 Å². The van der Waals surface area contributed by atoms with Crippen LogP contribution in [0.5, 0.6) is 11.5 Å². The van der Waals surface area contributed by atoms with Crippen molar-refractivity contribution in [1.29, 1.82) is 0 Å². The lowest BCUT2D eigenvalue weighted by Crippen LogP contribution is -2.26. The highest BCUT2D eigenvalue weighted by atomic mass is 16.5. The molecule has 0 aliphatic carbocycles. The first-order chi connectivity index (χ1) is 12.2. The second kappa shape index (κ2) is 9.46. The molecular formula is C18H24N4O3. The molecule has 0 saturated carbocycles.